The molecule has 0 spiro atoms. The average Bonchev–Trinajstić information content (AvgIpc) is 3.41. The number of hydrazine groups is 1. The van der Waals surface area contributed by atoms with Crippen LogP contribution in [-0.2, 0) is 9.59 Å². The van der Waals surface area contributed by atoms with E-state index in [4.69, 9.17) is 0 Å². The van der Waals surface area contributed by atoms with Crippen LogP contribution >= 0.6 is 15.9 Å². The second kappa shape index (κ2) is 6.74. The quantitative estimate of drug-likeness (QED) is 0.538. The predicted molar refractivity (Wildman–Crippen MR) is 119 cm³/mol. The van der Waals surface area contributed by atoms with E-state index in [0.29, 0.717) is 5.69 Å². The van der Waals surface area contributed by atoms with Gasteiger partial charge in [-0.05, 0) is 35.6 Å². The number of fused-ring (bicyclic) bond motifs is 4. The summed E-state index contributed by atoms with van der Waals surface area (Å²) in [6, 6.07) is 21.3. The summed E-state index contributed by atoms with van der Waals surface area (Å²) < 4.78 is 1.00. The van der Waals surface area contributed by atoms with E-state index in [1.165, 1.54) is 4.90 Å². The van der Waals surface area contributed by atoms with Crippen molar-refractivity contribution in [1.29, 1.82) is 0 Å². The molecule has 3 saturated heterocycles. The van der Waals surface area contributed by atoms with Crippen LogP contribution in [0.3, 0.4) is 0 Å². The fraction of sp³-hybridized carbons (Fsp3) is 0.250. The number of benzene rings is 3. The zero-order valence-electron chi connectivity index (χ0n) is 16.2. The second-order valence-electron chi connectivity index (χ2n) is 8.16. The minimum Gasteiger partial charge on any atom is -0.274 e. The topological polar surface area (TPSA) is 43.9 Å². The Morgan fingerprint density at radius 2 is 1.47 bits per heavy atom. The molecule has 0 aromatic heterocycles. The number of nitrogens with zero attached hydrogens (tertiary/aromatic N) is 3. The van der Waals surface area contributed by atoms with Gasteiger partial charge < -0.3 is 0 Å². The minimum atomic E-state index is -0.424. The first-order valence-electron chi connectivity index (χ1n) is 10.3. The summed E-state index contributed by atoms with van der Waals surface area (Å²) in [4.78, 5) is 28.9. The van der Waals surface area contributed by atoms with Crippen LogP contribution in [0, 0.1) is 5.92 Å². The van der Waals surface area contributed by atoms with Crippen molar-refractivity contribution in [2.24, 2.45) is 5.92 Å². The van der Waals surface area contributed by atoms with Crippen LogP contribution in [0.4, 0.5) is 5.69 Å². The highest BCUT2D eigenvalue weighted by Gasteiger charge is 2.62. The maximum Gasteiger partial charge on any atom is 0.253 e. The number of halogens is 1. The summed E-state index contributed by atoms with van der Waals surface area (Å²) in [5.41, 5.74) is 1.77. The van der Waals surface area contributed by atoms with Gasteiger partial charge in [-0.1, -0.05) is 64.5 Å². The van der Waals surface area contributed by atoms with Crippen LogP contribution in [0.2, 0.25) is 0 Å². The van der Waals surface area contributed by atoms with Crippen molar-refractivity contribution >= 4 is 44.2 Å². The Morgan fingerprint density at radius 1 is 0.767 bits per heavy atom. The van der Waals surface area contributed by atoms with Gasteiger partial charge in [-0.2, -0.15) is 0 Å². The van der Waals surface area contributed by atoms with Crippen molar-refractivity contribution in [3.8, 4) is 0 Å². The smallest absolute Gasteiger partial charge is 0.253 e. The fourth-order valence-electron chi connectivity index (χ4n) is 5.41. The van der Waals surface area contributed by atoms with E-state index in [1.54, 1.807) is 0 Å². The molecular weight excluding hydrogens is 442 g/mol. The van der Waals surface area contributed by atoms with Gasteiger partial charge in [-0.15, -0.1) is 0 Å². The number of hydrogen-bond donors (Lipinski definition) is 0. The van der Waals surface area contributed by atoms with Crippen LogP contribution in [0.1, 0.15) is 18.0 Å². The van der Waals surface area contributed by atoms with E-state index in [9.17, 15) is 9.59 Å². The summed E-state index contributed by atoms with van der Waals surface area (Å²) in [5.74, 6) is -0.588. The first kappa shape index (κ1) is 18.2. The Morgan fingerprint density at radius 3 is 2.27 bits per heavy atom. The second-order valence-corrected chi connectivity index (χ2v) is 9.07. The Balaban J connectivity index is 1.48. The summed E-state index contributed by atoms with van der Waals surface area (Å²) in [6.07, 6.45) is 1.01. The van der Waals surface area contributed by atoms with Gasteiger partial charge in [0, 0.05) is 22.9 Å². The van der Waals surface area contributed by atoms with Crippen LogP contribution in [-0.4, -0.2) is 41.0 Å². The third-order valence-electron chi connectivity index (χ3n) is 6.62. The van der Waals surface area contributed by atoms with Crippen molar-refractivity contribution < 1.29 is 9.59 Å². The van der Waals surface area contributed by atoms with Crippen LogP contribution in [0.5, 0.6) is 0 Å². The number of hydrogen-bond acceptors (Lipinski definition) is 4. The van der Waals surface area contributed by atoms with Gasteiger partial charge in [-0.3, -0.25) is 9.59 Å². The van der Waals surface area contributed by atoms with Gasteiger partial charge in [0.05, 0.1) is 17.6 Å². The molecule has 3 aliphatic rings. The van der Waals surface area contributed by atoms with Gasteiger partial charge >= 0.3 is 0 Å². The van der Waals surface area contributed by atoms with Gasteiger partial charge in [0.1, 0.15) is 6.04 Å². The summed E-state index contributed by atoms with van der Waals surface area (Å²) in [7, 11) is 0. The van der Waals surface area contributed by atoms with Crippen molar-refractivity contribution in [2.45, 2.75) is 18.5 Å². The molecule has 150 valence electrons. The van der Waals surface area contributed by atoms with Gasteiger partial charge in [0.2, 0.25) is 5.91 Å². The zero-order chi connectivity index (χ0) is 20.4. The summed E-state index contributed by atoms with van der Waals surface area (Å²) in [6.45, 7) is 1.69. The lowest BCUT2D eigenvalue weighted by atomic mass is 9.90. The average molecular weight is 462 g/mol. The molecule has 0 unspecified atom stereocenters. The lowest BCUT2D eigenvalue weighted by Crippen LogP contribution is -2.44. The van der Waals surface area contributed by atoms with Crippen molar-refractivity contribution in [3.63, 3.8) is 0 Å². The molecule has 3 aromatic rings. The Hall–Kier alpha value is -2.54. The van der Waals surface area contributed by atoms with Crippen LogP contribution in [0.25, 0.3) is 10.8 Å². The third kappa shape index (κ3) is 2.47. The number of amides is 2. The highest BCUT2D eigenvalue weighted by atomic mass is 79.9. The lowest BCUT2D eigenvalue weighted by molar-refractivity contribution is -0.126. The van der Waals surface area contributed by atoms with E-state index in [1.807, 2.05) is 54.6 Å². The summed E-state index contributed by atoms with van der Waals surface area (Å²) in [5, 5.41) is 6.34. The molecule has 3 atom stereocenters. The molecule has 0 saturated carbocycles. The van der Waals surface area contributed by atoms with Crippen LogP contribution in [0.15, 0.2) is 71.2 Å². The predicted octanol–water partition coefficient (Wildman–Crippen LogP) is 4.14. The molecule has 0 N–H and O–H groups in total. The number of imide groups is 1. The molecule has 3 aromatic carbocycles. The maximum absolute atomic E-state index is 13.8. The minimum absolute atomic E-state index is 0.0938. The van der Waals surface area contributed by atoms with E-state index in [0.717, 1.165) is 40.3 Å². The van der Waals surface area contributed by atoms with Gasteiger partial charge in [0.15, 0.2) is 0 Å². The molecule has 3 aliphatic heterocycles. The standard InChI is InChI=1S/C24H20BrN3O2/c25-17-11-9-16(10-12-17)21-20-22(27-14-4-13-26(21)27)24(30)28(23(20)29)19-8-3-6-15-5-1-2-7-18(15)19/h1-3,5-12,20-22H,4,13-14H2/t20-,21-,22+/m1/s1. The number of carbonyl (C=O) groups is 2. The van der Waals surface area contributed by atoms with Gasteiger partial charge in [-0.25, -0.2) is 14.9 Å². The largest absolute Gasteiger partial charge is 0.274 e. The highest BCUT2D eigenvalue weighted by molar-refractivity contribution is 9.10. The lowest BCUT2D eigenvalue weighted by Gasteiger charge is -2.30. The number of rotatable bonds is 2. The normalized spacial score (nSPS) is 26.6. The first-order chi connectivity index (χ1) is 14.6. The van der Waals surface area contributed by atoms with E-state index in [-0.39, 0.29) is 17.9 Å². The molecule has 6 heteroatoms. The fourth-order valence-corrected chi connectivity index (χ4v) is 5.68. The molecule has 0 bridgehead atoms. The van der Waals surface area contributed by atoms with Crippen molar-refractivity contribution in [1.82, 2.24) is 10.0 Å². The molecule has 0 radical (unpaired) electrons. The van der Waals surface area contributed by atoms with Crippen LogP contribution < -0.4 is 4.90 Å². The van der Waals surface area contributed by atoms with Crippen molar-refractivity contribution in [3.05, 3.63) is 76.8 Å². The van der Waals surface area contributed by atoms with E-state index < -0.39 is 12.0 Å². The molecule has 30 heavy (non-hydrogen) atoms. The Kier molecular flexibility index (Phi) is 4.10. The van der Waals surface area contributed by atoms with E-state index >= 15 is 0 Å². The molecule has 0 aliphatic carbocycles. The Bertz CT molecular complexity index is 1170. The monoisotopic (exact) mass is 461 g/mol. The maximum atomic E-state index is 13.8. The molecule has 5 nitrogen and oxygen atoms in total. The zero-order valence-corrected chi connectivity index (χ0v) is 17.8. The highest BCUT2D eigenvalue weighted by Crippen LogP contribution is 2.49. The Labute approximate surface area is 183 Å². The first-order valence-corrected chi connectivity index (χ1v) is 11.1. The number of anilines is 1. The summed E-state index contributed by atoms with van der Waals surface area (Å²) >= 11 is 3.50. The van der Waals surface area contributed by atoms with Crippen molar-refractivity contribution in [2.75, 3.05) is 18.0 Å². The molecule has 6 rings (SSSR count). The van der Waals surface area contributed by atoms with E-state index in [2.05, 4.69) is 38.1 Å². The molecule has 3 fully saturated rings. The molecule has 3 heterocycles. The third-order valence-corrected chi connectivity index (χ3v) is 7.15. The van der Waals surface area contributed by atoms with Gasteiger partial charge in [0.25, 0.3) is 5.91 Å². The molecule has 2 amide bonds. The number of carbonyl (C=O) groups excluding carboxylic acids is 2. The molecular formula is C24H20BrN3O2. The SMILES string of the molecule is O=C1[C@H]2[C@@H](C(=O)N1c1cccc3ccccc13)N1CCCN1[C@@H]2c1ccc(Br)cc1.